The predicted octanol–water partition coefficient (Wildman–Crippen LogP) is 4.33. The van der Waals surface area contributed by atoms with Crippen LogP contribution in [0.3, 0.4) is 0 Å². The van der Waals surface area contributed by atoms with Gasteiger partial charge in [0.25, 0.3) is 0 Å². The fourth-order valence-corrected chi connectivity index (χ4v) is 3.16. The van der Waals surface area contributed by atoms with Crippen LogP contribution in [0, 0.1) is 13.8 Å². The average Bonchev–Trinajstić information content (AvgIpc) is 2.80. The highest BCUT2D eigenvalue weighted by molar-refractivity contribution is 6.09. The Hall–Kier alpha value is -2.49. The van der Waals surface area contributed by atoms with Gasteiger partial charge < -0.3 is 4.57 Å². The van der Waals surface area contributed by atoms with Crippen molar-refractivity contribution in [2.75, 3.05) is 0 Å². The third kappa shape index (κ3) is 2.65. The molecule has 0 radical (unpaired) electrons. The molecule has 0 aliphatic carbocycles. The highest BCUT2D eigenvalue weighted by Crippen LogP contribution is 2.31. The van der Waals surface area contributed by atoms with Gasteiger partial charge >= 0.3 is 0 Å². The van der Waals surface area contributed by atoms with E-state index >= 15 is 0 Å². The summed E-state index contributed by atoms with van der Waals surface area (Å²) in [5.74, 6) is 0.865. The van der Waals surface area contributed by atoms with Gasteiger partial charge in [0.05, 0.1) is 0 Å². The monoisotopic (exact) mass is 307 g/mol. The van der Waals surface area contributed by atoms with Crippen molar-refractivity contribution >= 4 is 16.7 Å². The maximum Gasteiger partial charge on any atom is 0.162 e. The lowest BCUT2D eigenvalue weighted by Crippen LogP contribution is -2.01. The minimum atomic E-state index is 0.111. The number of aromatic nitrogens is 3. The molecule has 0 atom stereocenters. The van der Waals surface area contributed by atoms with Gasteiger partial charge in [-0.25, -0.2) is 9.97 Å². The van der Waals surface area contributed by atoms with Crippen molar-refractivity contribution in [1.82, 2.24) is 14.5 Å². The number of Topliss-reactive ketones (excluding diaryl/α,β-unsaturated/α-hetero) is 1. The second-order valence-electron chi connectivity index (χ2n) is 5.92. The van der Waals surface area contributed by atoms with E-state index in [0.717, 1.165) is 52.1 Å². The fraction of sp³-hybridized carbons (Fsp3) is 0.316. The summed E-state index contributed by atoms with van der Waals surface area (Å²) >= 11 is 0. The summed E-state index contributed by atoms with van der Waals surface area (Å²) < 4.78 is 2.24. The molecule has 0 spiro atoms. The van der Waals surface area contributed by atoms with Crippen LogP contribution < -0.4 is 0 Å². The number of rotatable bonds is 4. The van der Waals surface area contributed by atoms with Gasteiger partial charge in [-0.1, -0.05) is 13.0 Å². The SMILES string of the molecule is CCCn1c(C)c(C(C)=O)c2cc(-c3cnc(C)nc3)ccc21. The van der Waals surface area contributed by atoms with Gasteiger partial charge in [-0.05, 0) is 44.9 Å². The van der Waals surface area contributed by atoms with Crippen molar-refractivity contribution in [2.24, 2.45) is 0 Å². The van der Waals surface area contributed by atoms with E-state index in [1.165, 1.54) is 0 Å². The number of benzene rings is 1. The van der Waals surface area contributed by atoms with Gasteiger partial charge in [0, 0.05) is 46.7 Å². The highest BCUT2D eigenvalue weighted by Gasteiger charge is 2.17. The lowest BCUT2D eigenvalue weighted by atomic mass is 10.0. The summed E-state index contributed by atoms with van der Waals surface area (Å²) in [4.78, 5) is 20.7. The molecule has 0 unspecified atom stereocenters. The molecule has 118 valence electrons. The molecule has 4 heteroatoms. The van der Waals surface area contributed by atoms with Gasteiger partial charge in [-0.15, -0.1) is 0 Å². The Morgan fingerprint density at radius 1 is 1.13 bits per heavy atom. The lowest BCUT2D eigenvalue weighted by molar-refractivity contribution is 0.101. The fourth-order valence-electron chi connectivity index (χ4n) is 3.16. The van der Waals surface area contributed by atoms with Crippen molar-refractivity contribution in [3.63, 3.8) is 0 Å². The van der Waals surface area contributed by atoms with Crippen LogP contribution in [0.25, 0.3) is 22.0 Å². The second-order valence-corrected chi connectivity index (χ2v) is 5.92. The van der Waals surface area contributed by atoms with Crippen LogP contribution in [-0.2, 0) is 6.54 Å². The first-order chi connectivity index (χ1) is 11.0. The van der Waals surface area contributed by atoms with Crippen molar-refractivity contribution in [2.45, 2.75) is 40.7 Å². The molecule has 3 rings (SSSR count). The predicted molar refractivity (Wildman–Crippen MR) is 92.7 cm³/mol. The number of carbonyl (C=O) groups is 1. The molecular formula is C19H21N3O. The quantitative estimate of drug-likeness (QED) is 0.674. The van der Waals surface area contributed by atoms with E-state index in [1.807, 2.05) is 26.2 Å². The largest absolute Gasteiger partial charge is 0.344 e. The number of hydrogen-bond donors (Lipinski definition) is 0. The van der Waals surface area contributed by atoms with E-state index in [1.54, 1.807) is 6.92 Å². The van der Waals surface area contributed by atoms with Gasteiger partial charge in [0.1, 0.15) is 5.82 Å². The number of fused-ring (bicyclic) bond motifs is 1. The third-order valence-electron chi connectivity index (χ3n) is 4.24. The molecule has 0 fully saturated rings. The van der Waals surface area contributed by atoms with Crippen LogP contribution in [0.2, 0.25) is 0 Å². The minimum absolute atomic E-state index is 0.111. The molecule has 1 aromatic carbocycles. The molecule has 0 saturated carbocycles. The average molecular weight is 307 g/mol. The zero-order valence-electron chi connectivity index (χ0n) is 14.1. The first-order valence-corrected chi connectivity index (χ1v) is 7.95. The molecule has 0 amide bonds. The summed E-state index contributed by atoms with van der Waals surface area (Å²) in [6.45, 7) is 8.61. The number of hydrogen-bond acceptors (Lipinski definition) is 3. The Balaban J connectivity index is 2.24. The Labute approximate surface area is 136 Å². The molecule has 23 heavy (non-hydrogen) atoms. The molecule has 4 nitrogen and oxygen atoms in total. The van der Waals surface area contributed by atoms with E-state index in [9.17, 15) is 4.79 Å². The van der Waals surface area contributed by atoms with Crippen LogP contribution in [0.15, 0.2) is 30.6 Å². The zero-order valence-corrected chi connectivity index (χ0v) is 14.1. The Morgan fingerprint density at radius 3 is 2.43 bits per heavy atom. The zero-order chi connectivity index (χ0) is 16.6. The number of nitrogens with zero attached hydrogens (tertiary/aromatic N) is 3. The van der Waals surface area contributed by atoms with Crippen molar-refractivity contribution in [3.05, 3.63) is 47.7 Å². The Bertz CT molecular complexity index is 876. The molecule has 2 aromatic heterocycles. The third-order valence-corrected chi connectivity index (χ3v) is 4.24. The molecule has 0 aliphatic rings. The van der Waals surface area contributed by atoms with Crippen molar-refractivity contribution in [3.8, 4) is 11.1 Å². The summed E-state index contributed by atoms with van der Waals surface area (Å²) in [5.41, 5.74) is 4.99. The van der Waals surface area contributed by atoms with E-state index in [4.69, 9.17) is 0 Å². The number of ketones is 1. The smallest absolute Gasteiger partial charge is 0.162 e. The minimum Gasteiger partial charge on any atom is -0.344 e. The first-order valence-electron chi connectivity index (χ1n) is 7.95. The van der Waals surface area contributed by atoms with E-state index in [-0.39, 0.29) is 5.78 Å². The van der Waals surface area contributed by atoms with Crippen LogP contribution >= 0.6 is 0 Å². The maximum absolute atomic E-state index is 12.2. The van der Waals surface area contributed by atoms with Crippen molar-refractivity contribution in [1.29, 1.82) is 0 Å². The van der Waals surface area contributed by atoms with Gasteiger partial charge in [-0.3, -0.25) is 4.79 Å². The molecule has 0 bridgehead atoms. The van der Waals surface area contributed by atoms with Gasteiger partial charge in [0.2, 0.25) is 0 Å². The highest BCUT2D eigenvalue weighted by atomic mass is 16.1. The Kier molecular flexibility index (Phi) is 3.99. The van der Waals surface area contributed by atoms with Gasteiger partial charge in [0.15, 0.2) is 5.78 Å². The van der Waals surface area contributed by atoms with Gasteiger partial charge in [-0.2, -0.15) is 0 Å². The summed E-state index contributed by atoms with van der Waals surface area (Å²) in [7, 11) is 0. The van der Waals surface area contributed by atoms with Crippen molar-refractivity contribution < 1.29 is 4.79 Å². The first kappa shape index (κ1) is 15.4. The normalized spacial score (nSPS) is 11.1. The van der Waals surface area contributed by atoms with Crippen LogP contribution in [-0.4, -0.2) is 20.3 Å². The summed E-state index contributed by atoms with van der Waals surface area (Å²) in [5, 5.41) is 1.02. The Morgan fingerprint density at radius 2 is 1.83 bits per heavy atom. The maximum atomic E-state index is 12.2. The van der Waals surface area contributed by atoms with Crippen LogP contribution in [0.5, 0.6) is 0 Å². The topological polar surface area (TPSA) is 47.8 Å². The van der Waals surface area contributed by atoms with E-state index < -0.39 is 0 Å². The lowest BCUT2D eigenvalue weighted by Gasteiger charge is -2.07. The molecule has 0 saturated heterocycles. The molecule has 0 aliphatic heterocycles. The standard InChI is InChI=1S/C19H21N3O/c1-5-8-22-12(2)19(13(3)23)17-9-15(6-7-18(17)22)16-10-20-14(4)21-11-16/h6-7,9-11H,5,8H2,1-4H3. The molecular weight excluding hydrogens is 286 g/mol. The molecule has 0 N–H and O–H groups in total. The van der Waals surface area contributed by atoms with Crippen LogP contribution in [0.1, 0.15) is 42.1 Å². The molecule has 3 aromatic rings. The molecule has 2 heterocycles. The van der Waals surface area contributed by atoms with E-state index in [2.05, 4.69) is 39.7 Å². The number of carbonyl (C=O) groups excluding carboxylic acids is 1. The second kappa shape index (κ2) is 5.95. The summed E-state index contributed by atoms with van der Waals surface area (Å²) in [6, 6.07) is 6.25. The number of aryl methyl sites for hydroxylation is 2. The van der Waals surface area contributed by atoms with E-state index in [0.29, 0.717) is 0 Å². The van der Waals surface area contributed by atoms with Crippen LogP contribution in [0.4, 0.5) is 0 Å². The summed E-state index contributed by atoms with van der Waals surface area (Å²) in [6.07, 6.45) is 4.69.